The first-order chi connectivity index (χ1) is 15.9. The van der Waals surface area contributed by atoms with Crippen molar-refractivity contribution in [3.05, 3.63) is 28.2 Å². The first-order valence-electron chi connectivity index (χ1n) is 11.6. The Morgan fingerprint density at radius 3 is 2.38 bits per heavy atom. The lowest BCUT2D eigenvalue weighted by Gasteiger charge is -2.45. The molecule has 190 valence electrons. The summed E-state index contributed by atoms with van der Waals surface area (Å²) in [7, 11) is 1.59. The Balaban J connectivity index is 1.46. The highest BCUT2D eigenvalue weighted by molar-refractivity contribution is 6.36. The zero-order valence-electron chi connectivity index (χ0n) is 20.5. The van der Waals surface area contributed by atoms with E-state index < -0.39 is 42.1 Å². The Morgan fingerprint density at radius 1 is 1.12 bits per heavy atom. The summed E-state index contributed by atoms with van der Waals surface area (Å²) in [6, 6.07) is 5.46. The number of anilines is 1. The van der Waals surface area contributed by atoms with Gasteiger partial charge < -0.3 is 33.5 Å². The molecule has 10 heteroatoms. The number of rotatable bonds is 5. The minimum atomic E-state index is -0.857. The van der Waals surface area contributed by atoms with E-state index in [1.807, 2.05) is 51.7 Å². The maximum atomic E-state index is 13.6. The van der Waals surface area contributed by atoms with E-state index in [1.165, 1.54) is 0 Å². The molecule has 0 spiro atoms. The van der Waals surface area contributed by atoms with Gasteiger partial charge in [0.25, 0.3) is 5.91 Å². The van der Waals surface area contributed by atoms with Gasteiger partial charge in [-0.25, -0.2) is 0 Å². The van der Waals surface area contributed by atoms with Crippen LogP contribution in [-0.2, 0) is 28.5 Å². The Kier molecular flexibility index (Phi) is 7.43. The standard InChI is InChI=1S/C24H34Cl2N2O6/c1-14-18(32-23(2,3)30-6)19-20(34-24(4,5)33-19)21(31-14)22(29)28-11-9-27(10-12-28)17-8-7-15(25)13-16(17)26/h7-8,13-14,18-21H,9-12H2,1-6H3/t14?,18-,19+,20+,21-/m0/s1. The van der Waals surface area contributed by atoms with Crippen molar-refractivity contribution in [2.75, 3.05) is 38.2 Å². The summed E-state index contributed by atoms with van der Waals surface area (Å²) in [5, 5.41) is 1.20. The Hall–Kier alpha value is -1.13. The quantitative estimate of drug-likeness (QED) is 0.552. The van der Waals surface area contributed by atoms with Crippen molar-refractivity contribution >= 4 is 34.8 Å². The predicted octanol–water partition coefficient (Wildman–Crippen LogP) is 3.72. The average Bonchev–Trinajstić information content (AvgIpc) is 3.10. The van der Waals surface area contributed by atoms with Crippen LogP contribution in [0.1, 0.15) is 34.6 Å². The molecule has 0 aliphatic carbocycles. The van der Waals surface area contributed by atoms with Crippen LogP contribution in [-0.4, -0.2) is 86.2 Å². The number of methoxy groups -OCH3 is 1. The summed E-state index contributed by atoms with van der Waals surface area (Å²) >= 11 is 12.4. The molecule has 1 unspecified atom stereocenters. The van der Waals surface area contributed by atoms with Crippen LogP contribution in [0.3, 0.4) is 0 Å². The molecule has 3 heterocycles. The van der Waals surface area contributed by atoms with Crippen molar-refractivity contribution in [2.24, 2.45) is 0 Å². The number of nitrogens with zero attached hydrogens (tertiary/aromatic N) is 2. The van der Waals surface area contributed by atoms with Crippen LogP contribution in [0, 0.1) is 0 Å². The molecule has 0 radical (unpaired) electrons. The van der Waals surface area contributed by atoms with Gasteiger partial charge >= 0.3 is 0 Å². The highest BCUT2D eigenvalue weighted by atomic mass is 35.5. The number of hydrogen-bond acceptors (Lipinski definition) is 7. The van der Waals surface area contributed by atoms with Crippen LogP contribution in [0.4, 0.5) is 5.69 Å². The van der Waals surface area contributed by atoms with Crippen LogP contribution >= 0.6 is 23.2 Å². The van der Waals surface area contributed by atoms with Gasteiger partial charge in [-0.05, 0) is 52.8 Å². The number of carbonyl (C=O) groups excluding carboxylic acids is 1. The monoisotopic (exact) mass is 516 g/mol. The summed E-state index contributed by atoms with van der Waals surface area (Å²) in [6.45, 7) is 11.6. The van der Waals surface area contributed by atoms with E-state index in [0.29, 0.717) is 36.2 Å². The smallest absolute Gasteiger partial charge is 0.254 e. The molecule has 3 fully saturated rings. The number of fused-ring (bicyclic) bond motifs is 1. The number of amides is 1. The molecule has 8 nitrogen and oxygen atoms in total. The zero-order valence-corrected chi connectivity index (χ0v) is 22.1. The number of hydrogen-bond donors (Lipinski definition) is 0. The third-order valence-corrected chi connectivity index (χ3v) is 7.14. The lowest BCUT2D eigenvalue weighted by atomic mass is 9.94. The van der Waals surface area contributed by atoms with E-state index in [1.54, 1.807) is 13.2 Å². The van der Waals surface area contributed by atoms with Gasteiger partial charge in [0.05, 0.1) is 16.8 Å². The molecular weight excluding hydrogens is 483 g/mol. The van der Waals surface area contributed by atoms with Gasteiger partial charge in [-0.15, -0.1) is 0 Å². The molecule has 34 heavy (non-hydrogen) atoms. The van der Waals surface area contributed by atoms with Crippen molar-refractivity contribution in [2.45, 2.75) is 76.7 Å². The van der Waals surface area contributed by atoms with Gasteiger partial charge in [-0.2, -0.15) is 0 Å². The second kappa shape index (κ2) is 9.73. The molecule has 0 saturated carbocycles. The molecule has 4 rings (SSSR count). The zero-order chi connectivity index (χ0) is 24.8. The highest BCUT2D eigenvalue weighted by Crippen LogP contribution is 2.40. The second-order valence-electron chi connectivity index (χ2n) is 9.92. The van der Waals surface area contributed by atoms with E-state index >= 15 is 0 Å². The second-order valence-corrected chi connectivity index (χ2v) is 10.8. The van der Waals surface area contributed by atoms with Gasteiger partial charge in [0.15, 0.2) is 17.7 Å². The van der Waals surface area contributed by atoms with E-state index in [9.17, 15) is 4.79 Å². The molecule has 5 atom stereocenters. The third-order valence-electron chi connectivity index (χ3n) is 6.61. The maximum Gasteiger partial charge on any atom is 0.254 e. The Morgan fingerprint density at radius 2 is 1.76 bits per heavy atom. The minimum Gasteiger partial charge on any atom is -0.367 e. The van der Waals surface area contributed by atoms with Crippen molar-refractivity contribution in [3.8, 4) is 0 Å². The Bertz CT molecular complexity index is 905. The molecule has 0 N–H and O–H groups in total. The van der Waals surface area contributed by atoms with Gasteiger partial charge in [0.2, 0.25) is 0 Å². The largest absolute Gasteiger partial charge is 0.367 e. The fraction of sp³-hybridized carbons (Fsp3) is 0.708. The first-order valence-corrected chi connectivity index (χ1v) is 12.4. The third kappa shape index (κ3) is 5.33. The molecular formula is C24H34Cl2N2O6. The highest BCUT2D eigenvalue weighted by Gasteiger charge is 2.58. The molecule has 1 amide bonds. The summed E-state index contributed by atoms with van der Waals surface area (Å²) in [6.07, 6.45) is -2.67. The first kappa shape index (κ1) is 25.9. The normalized spacial score (nSPS) is 31.5. The van der Waals surface area contributed by atoms with E-state index in [0.717, 1.165) is 5.69 Å². The molecule has 1 aromatic rings. The Labute approximate surface area is 211 Å². The van der Waals surface area contributed by atoms with Crippen LogP contribution in [0.25, 0.3) is 0 Å². The van der Waals surface area contributed by atoms with Crippen LogP contribution in [0.15, 0.2) is 18.2 Å². The molecule has 0 aromatic heterocycles. The van der Waals surface area contributed by atoms with Crippen LogP contribution in [0.5, 0.6) is 0 Å². The fourth-order valence-electron chi connectivity index (χ4n) is 4.78. The van der Waals surface area contributed by atoms with E-state index in [4.69, 9.17) is 46.9 Å². The topological polar surface area (TPSA) is 69.7 Å². The van der Waals surface area contributed by atoms with Crippen LogP contribution < -0.4 is 4.90 Å². The van der Waals surface area contributed by atoms with Gasteiger partial charge in [-0.1, -0.05) is 23.2 Å². The molecule has 3 saturated heterocycles. The van der Waals surface area contributed by atoms with Gasteiger partial charge in [-0.3, -0.25) is 4.79 Å². The number of carbonyl (C=O) groups is 1. The number of piperazine rings is 1. The van der Waals surface area contributed by atoms with Crippen LogP contribution in [0.2, 0.25) is 10.0 Å². The number of ether oxygens (including phenoxy) is 5. The maximum absolute atomic E-state index is 13.6. The van der Waals surface area contributed by atoms with Crippen molar-refractivity contribution in [3.63, 3.8) is 0 Å². The SMILES string of the molecule is COC(C)(C)O[C@H]1C(C)O[C@H](C(=O)N2CCN(c3ccc(Cl)cc3Cl)CC2)[C@@H]2OC(C)(C)O[C@@H]21. The summed E-state index contributed by atoms with van der Waals surface area (Å²) in [5.41, 5.74) is 0.913. The molecule has 0 bridgehead atoms. The van der Waals surface area contributed by atoms with Gasteiger partial charge in [0.1, 0.15) is 18.3 Å². The molecule has 1 aromatic carbocycles. The summed E-state index contributed by atoms with van der Waals surface area (Å²) in [5.74, 6) is -1.79. The number of benzene rings is 1. The lowest BCUT2D eigenvalue weighted by molar-refractivity contribution is -0.285. The van der Waals surface area contributed by atoms with Crippen molar-refractivity contribution in [1.29, 1.82) is 0 Å². The summed E-state index contributed by atoms with van der Waals surface area (Å²) < 4.78 is 30.2. The fourth-order valence-corrected chi connectivity index (χ4v) is 5.31. The minimum absolute atomic E-state index is 0.102. The van der Waals surface area contributed by atoms with Crippen molar-refractivity contribution < 1.29 is 28.5 Å². The lowest BCUT2D eigenvalue weighted by Crippen LogP contribution is -2.63. The number of halogens is 2. The van der Waals surface area contributed by atoms with Crippen molar-refractivity contribution in [1.82, 2.24) is 4.90 Å². The van der Waals surface area contributed by atoms with Gasteiger partial charge in [0, 0.05) is 38.3 Å². The van der Waals surface area contributed by atoms with E-state index in [-0.39, 0.29) is 5.91 Å². The predicted molar refractivity (Wildman–Crippen MR) is 129 cm³/mol. The average molecular weight is 517 g/mol. The molecule has 3 aliphatic heterocycles. The molecule has 3 aliphatic rings. The summed E-state index contributed by atoms with van der Waals surface area (Å²) in [4.78, 5) is 17.6. The van der Waals surface area contributed by atoms with E-state index in [2.05, 4.69) is 4.90 Å².